The number of rotatable bonds is 9. The van der Waals surface area contributed by atoms with Crippen molar-refractivity contribution in [3.05, 3.63) is 48.2 Å². The van der Waals surface area contributed by atoms with Crippen LogP contribution in [0.1, 0.15) is 31.2 Å². The Hall–Kier alpha value is -2.63. The van der Waals surface area contributed by atoms with Crippen LogP contribution in [0.15, 0.2) is 47.5 Å². The third kappa shape index (κ3) is 5.53. The predicted molar refractivity (Wildman–Crippen MR) is 121 cm³/mol. The lowest BCUT2D eigenvalue weighted by Crippen LogP contribution is -2.20. The fraction of sp³-hybridized carbons (Fsp3) is 0.478. The molecule has 2 aromatic rings. The largest absolute Gasteiger partial charge is 0.394 e. The maximum atomic E-state index is 13.7. The van der Waals surface area contributed by atoms with Crippen molar-refractivity contribution >= 4 is 27.1 Å². The Morgan fingerprint density at radius 3 is 2.41 bits per heavy atom. The Balaban J connectivity index is 1.57. The van der Waals surface area contributed by atoms with Gasteiger partial charge in [0.25, 0.3) is 5.91 Å². The monoisotopic (exact) mass is 495 g/mol. The molecule has 0 radical (unpaired) electrons. The second-order valence-electron chi connectivity index (χ2n) is 8.83. The van der Waals surface area contributed by atoms with E-state index in [1.54, 1.807) is 0 Å². The highest BCUT2D eigenvalue weighted by atomic mass is 32.2. The van der Waals surface area contributed by atoms with E-state index in [1.807, 2.05) is 0 Å². The van der Waals surface area contributed by atoms with Crippen LogP contribution in [-0.2, 0) is 21.2 Å². The Morgan fingerprint density at radius 1 is 1.18 bits per heavy atom. The molecule has 1 aromatic carbocycles. The van der Waals surface area contributed by atoms with Crippen molar-refractivity contribution < 1.29 is 32.2 Å². The van der Waals surface area contributed by atoms with E-state index in [2.05, 4.69) is 10.4 Å². The van der Waals surface area contributed by atoms with E-state index in [0.717, 1.165) is 0 Å². The number of nitrogens with one attached hydrogen (secondary N) is 1. The van der Waals surface area contributed by atoms with E-state index in [-0.39, 0.29) is 40.9 Å². The molecule has 0 saturated heterocycles. The summed E-state index contributed by atoms with van der Waals surface area (Å²) in [7, 11) is -3.39. The highest BCUT2D eigenvalue weighted by Crippen LogP contribution is 2.36. The highest BCUT2D eigenvalue weighted by molar-refractivity contribution is 7.92. The van der Waals surface area contributed by atoms with Crippen molar-refractivity contribution in [1.82, 2.24) is 9.78 Å². The van der Waals surface area contributed by atoms with E-state index in [9.17, 15) is 27.1 Å². The van der Waals surface area contributed by atoms with Gasteiger partial charge in [-0.1, -0.05) is 18.2 Å². The lowest BCUT2D eigenvalue weighted by Gasteiger charge is -2.12. The van der Waals surface area contributed by atoms with Gasteiger partial charge in [0.2, 0.25) is 0 Å². The first-order valence-electron chi connectivity index (χ1n) is 11.2. The summed E-state index contributed by atoms with van der Waals surface area (Å²) >= 11 is 0. The van der Waals surface area contributed by atoms with Gasteiger partial charge in [0.15, 0.2) is 15.7 Å². The third-order valence-electron chi connectivity index (χ3n) is 6.04. The van der Waals surface area contributed by atoms with Crippen molar-refractivity contribution in [2.75, 3.05) is 11.9 Å². The average molecular weight is 496 g/mol. The topological polar surface area (TPSA) is 122 Å². The molecule has 1 unspecified atom stereocenters. The summed E-state index contributed by atoms with van der Waals surface area (Å²) in [4.78, 5) is 13.3. The van der Waals surface area contributed by atoms with E-state index >= 15 is 0 Å². The Kier molecular flexibility index (Phi) is 7.15. The van der Waals surface area contributed by atoms with Crippen LogP contribution in [0.25, 0.3) is 5.57 Å². The number of hydrogen-bond donors (Lipinski definition) is 3. The molecule has 2 fully saturated rings. The maximum absolute atomic E-state index is 13.7. The number of nitrogens with zero attached hydrogens (tertiary/aromatic N) is 2. The third-order valence-corrected chi connectivity index (χ3v) is 8.32. The quantitative estimate of drug-likeness (QED) is 0.459. The first kappa shape index (κ1) is 24.5. The minimum Gasteiger partial charge on any atom is -0.394 e. The summed E-state index contributed by atoms with van der Waals surface area (Å²) in [6.45, 7) is -0.405. The van der Waals surface area contributed by atoms with Crippen LogP contribution in [-0.4, -0.2) is 64.6 Å². The van der Waals surface area contributed by atoms with Crippen molar-refractivity contribution in [2.24, 2.45) is 5.92 Å². The van der Waals surface area contributed by atoms with Gasteiger partial charge >= 0.3 is 0 Å². The zero-order valence-electron chi connectivity index (χ0n) is 18.3. The summed E-state index contributed by atoms with van der Waals surface area (Å²) in [5.41, 5.74) is 0.576. The van der Waals surface area contributed by atoms with Crippen LogP contribution in [0.3, 0.4) is 0 Å². The number of aromatic nitrogens is 2. The Bertz CT molecular complexity index is 1150. The Morgan fingerprint density at radius 2 is 1.82 bits per heavy atom. The number of carbonyl (C=O) groups is 1. The molecule has 2 aliphatic rings. The fourth-order valence-corrected chi connectivity index (χ4v) is 5.68. The zero-order valence-corrected chi connectivity index (χ0v) is 19.2. The standard InChI is InChI=1S/C23H27F2N3O5S/c24-20-10-14(11-21(20)25)9-19(15-1-3-17(4-2-15)34(32,33)18-5-6-18)23(31)26-22-7-8-28(27-22)12-16(30)13-29/h1-4,7-9,14,16,18,20-21,29-30H,5-6,10-13H2,(H,26,27,31)/b19-9+/t14?,16-,20-,21+/m0/s1. The number of carbonyl (C=O) groups excluding carboxylic acids is 1. The minimum atomic E-state index is -3.39. The number of halogens is 2. The van der Waals surface area contributed by atoms with Crippen LogP contribution in [0.4, 0.5) is 14.6 Å². The summed E-state index contributed by atoms with van der Waals surface area (Å²) in [5, 5.41) is 24.9. The van der Waals surface area contributed by atoms with Crippen molar-refractivity contribution in [3.8, 4) is 0 Å². The zero-order chi connectivity index (χ0) is 24.5. The summed E-state index contributed by atoms with van der Waals surface area (Å²) in [6, 6.07) is 7.44. The summed E-state index contributed by atoms with van der Waals surface area (Å²) < 4.78 is 53.8. The van der Waals surface area contributed by atoms with Crippen LogP contribution >= 0.6 is 0 Å². The van der Waals surface area contributed by atoms with Crippen LogP contribution in [0.2, 0.25) is 0 Å². The molecule has 34 heavy (non-hydrogen) atoms. The maximum Gasteiger partial charge on any atom is 0.257 e. The van der Waals surface area contributed by atoms with Crippen LogP contribution < -0.4 is 5.32 Å². The van der Waals surface area contributed by atoms with Gasteiger partial charge in [0, 0.05) is 17.8 Å². The molecule has 0 spiro atoms. The molecule has 0 bridgehead atoms. The number of benzene rings is 1. The summed E-state index contributed by atoms with van der Waals surface area (Å²) in [6.07, 6.45) is 0.0438. The van der Waals surface area contributed by atoms with Crippen molar-refractivity contribution in [2.45, 2.75) is 60.8 Å². The minimum absolute atomic E-state index is 0.0316. The second-order valence-corrected chi connectivity index (χ2v) is 11.1. The van der Waals surface area contributed by atoms with Gasteiger partial charge < -0.3 is 15.5 Å². The molecule has 11 heteroatoms. The molecular formula is C23H27F2N3O5S. The van der Waals surface area contributed by atoms with Gasteiger partial charge in [-0.3, -0.25) is 9.48 Å². The lowest BCUT2D eigenvalue weighted by atomic mass is 9.98. The number of sulfone groups is 1. The van der Waals surface area contributed by atoms with Crippen molar-refractivity contribution in [1.29, 1.82) is 0 Å². The van der Waals surface area contributed by atoms with E-state index in [0.29, 0.717) is 18.4 Å². The van der Waals surface area contributed by atoms with Gasteiger partial charge in [-0.25, -0.2) is 17.2 Å². The first-order chi connectivity index (χ1) is 16.2. The normalized spacial score (nSPS) is 24.2. The molecule has 2 saturated carbocycles. The first-order valence-corrected chi connectivity index (χ1v) is 12.7. The molecule has 0 aliphatic heterocycles. The number of aliphatic hydroxyl groups excluding tert-OH is 2. The molecule has 184 valence electrons. The van der Waals surface area contributed by atoms with Gasteiger partial charge in [0.1, 0.15) is 12.3 Å². The van der Waals surface area contributed by atoms with E-state index < -0.39 is 46.7 Å². The molecule has 1 aromatic heterocycles. The Labute approximate surface area is 196 Å². The van der Waals surface area contributed by atoms with E-state index in [4.69, 9.17) is 5.11 Å². The molecule has 8 nitrogen and oxygen atoms in total. The summed E-state index contributed by atoms with van der Waals surface area (Å²) in [5.74, 6) is -0.867. The van der Waals surface area contributed by atoms with Gasteiger partial charge in [-0.15, -0.1) is 0 Å². The van der Waals surface area contributed by atoms with Gasteiger partial charge in [0.05, 0.1) is 29.4 Å². The average Bonchev–Trinajstić information content (AvgIpc) is 3.52. The fourth-order valence-electron chi connectivity index (χ4n) is 4.03. The number of alkyl halides is 2. The number of anilines is 1. The predicted octanol–water partition coefficient (Wildman–Crippen LogP) is 2.28. The van der Waals surface area contributed by atoms with Crippen molar-refractivity contribution in [3.63, 3.8) is 0 Å². The molecule has 1 amide bonds. The second kappa shape index (κ2) is 9.93. The van der Waals surface area contributed by atoms with Crippen LogP contribution in [0.5, 0.6) is 0 Å². The highest BCUT2D eigenvalue weighted by Gasteiger charge is 2.37. The smallest absolute Gasteiger partial charge is 0.257 e. The molecule has 1 heterocycles. The number of hydrogen-bond acceptors (Lipinski definition) is 6. The van der Waals surface area contributed by atoms with Gasteiger partial charge in [-0.2, -0.15) is 5.10 Å². The SMILES string of the molecule is O=C(Nc1ccn(C[C@H](O)CO)n1)/C(=C/C1C[C@@H](F)[C@@H](F)C1)c1ccc(S(=O)(=O)C2CC2)cc1. The number of amides is 1. The molecular weight excluding hydrogens is 468 g/mol. The van der Waals surface area contributed by atoms with E-state index in [1.165, 1.54) is 47.3 Å². The number of aliphatic hydroxyl groups is 2. The number of allylic oxidation sites excluding steroid dienone is 1. The van der Waals surface area contributed by atoms with Crippen LogP contribution in [0, 0.1) is 5.92 Å². The molecule has 3 N–H and O–H groups in total. The molecule has 4 atom stereocenters. The lowest BCUT2D eigenvalue weighted by molar-refractivity contribution is -0.111. The molecule has 4 rings (SSSR count). The molecule has 2 aliphatic carbocycles. The van der Waals surface area contributed by atoms with Gasteiger partial charge in [-0.05, 0) is 49.3 Å².